The second-order valence-electron chi connectivity index (χ2n) is 5.75. The summed E-state index contributed by atoms with van der Waals surface area (Å²) in [5, 5.41) is 0. The molecule has 0 aromatic heterocycles. The zero-order valence-electron chi connectivity index (χ0n) is 11.7. The summed E-state index contributed by atoms with van der Waals surface area (Å²) in [7, 11) is 3.36. The highest BCUT2D eigenvalue weighted by Gasteiger charge is 2.49. The first-order valence-electron chi connectivity index (χ1n) is 6.95. The average Bonchev–Trinajstić information content (AvgIpc) is 2.96. The molecular formula is C14H25NO3. The van der Waals surface area contributed by atoms with Gasteiger partial charge in [-0.25, -0.2) is 0 Å². The highest BCUT2D eigenvalue weighted by molar-refractivity contribution is 5.79. The molecule has 4 nitrogen and oxygen atoms in total. The molecular weight excluding hydrogens is 230 g/mol. The Bertz CT molecular complexity index is 285. The van der Waals surface area contributed by atoms with E-state index in [0.29, 0.717) is 25.7 Å². The van der Waals surface area contributed by atoms with Gasteiger partial charge in [-0.2, -0.15) is 0 Å². The van der Waals surface area contributed by atoms with Crippen LogP contribution in [-0.2, 0) is 14.3 Å². The van der Waals surface area contributed by atoms with E-state index in [1.807, 2.05) is 11.8 Å². The van der Waals surface area contributed by atoms with Gasteiger partial charge in [0.05, 0.1) is 19.3 Å². The normalized spacial score (nSPS) is 30.9. The Balaban J connectivity index is 1.91. The highest BCUT2D eigenvalue weighted by Crippen LogP contribution is 2.54. The summed E-state index contributed by atoms with van der Waals surface area (Å²) in [6.07, 6.45) is 3.56. The van der Waals surface area contributed by atoms with Gasteiger partial charge in [0.2, 0.25) is 5.91 Å². The van der Waals surface area contributed by atoms with E-state index in [1.54, 1.807) is 14.2 Å². The minimum atomic E-state index is 0.134. The number of fused-ring (bicyclic) bond motifs is 1. The number of hydrogen-bond acceptors (Lipinski definition) is 3. The zero-order valence-corrected chi connectivity index (χ0v) is 11.7. The summed E-state index contributed by atoms with van der Waals surface area (Å²) in [5.74, 6) is 2.26. The molecule has 104 valence electrons. The Morgan fingerprint density at radius 3 is 2.44 bits per heavy atom. The molecule has 2 aliphatic carbocycles. The van der Waals surface area contributed by atoms with Gasteiger partial charge in [0.25, 0.3) is 0 Å². The molecule has 0 spiro atoms. The van der Waals surface area contributed by atoms with Gasteiger partial charge in [0, 0.05) is 26.7 Å². The first-order chi connectivity index (χ1) is 8.67. The summed E-state index contributed by atoms with van der Waals surface area (Å²) in [4.78, 5) is 14.5. The lowest BCUT2D eigenvalue weighted by Gasteiger charge is -2.31. The monoisotopic (exact) mass is 255 g/mol. The average molecular weight is 255 g/mol. The van der Waals surface area contributed by atoms with Crippen molar-refractivity contribution in [2.45, 2.75) is 32.2 Å². The van der Waals surface area contributed by atoms with Crippen molar-refractivity contribution < 1.29 is 14.3 Å². The fraction of sp³-hybridized carbons (Fsp3) is 0.929. The smallest absolute Gasteiger partial charge is 0.226 e. The maximum Gasteiger partial charge on any atom is 0.226 e. The summed E-state index contributed by atoms with van der Waals surface area (Å²) in [6.45, 7) is 3.91. The van der Waals surface area contributed by atoms with Crippen molar-refractivity contribution in [2.24, 2.45) is 17.8 Å². The van der Waals surface area contributed by atoms with E-state index >= 15 is 0 Å². The quantitative estimate of drug-likeness (QED) is 0.692. The van der Waals surface area contributed by atoms with E-state index in [9.17, 15) is 4.79 Å². The zero-order chi connectivity index (χ0) is 13.1. The topological polar surface area (TPSA) is 38.8 Å². The predicted octanol–water partition coefficient (Wildman–Crippen LogP) is 1.54. The molecule has 4 heteroatoms. The Kier molecular flexibility index (Phi) is 4.62. The van der Waals surface area contributed by atoms with Crippen LogP contribution in [0.5, 0.6) is 0 Å². The lowest BCUT2D eigenvalue weighted by atomic mass is 10.0. The van der Waals surface area contributed by atoms with Crippen LogP contribution in [0.15, 0.2) is 0 Å². The van der Waals surface area contributed by atoms with Crippen molar-refractivity contribution in [1.82, 2.24) is 4.90 Å². The standard InChI is InChI=1S/C14H25NO3/c1-10(9-18-3)15(4-5-17-2)14(16)13-7-11-6-12(11)8-13/h10-13H,4-9H2,1-3H3. The molecule has 0 aromatic carbocycles. The van der Waals surface area contributed by atoms with Crippen LogP contribution in [0.1, 0.15) is 26.2 Å². The molecule has 18 heavy (non-hydrogen) atoms. The molecule has 3 atom stereocenters. The van der Waals surface area contributed by atoms with E-state index in [1.165, 1.54) is 6.42 Å². The Morgan fingerprint density at radius 2 is 1.89 bits per heavy atom. The third-order valence-electron chi connectivity index (χ3n) is 4.35. The van der Waals surface area contributed by atoms with Crippen molar-refractivity contribution in [2.75, 3.05) is 34.0 Å². The second-order valence-corrected chi connectivity index (χ2v) is 5.75. The summed E-state index contributed by atoms with van der Waals surface area (Å²) >= 11 is 0. The molecule has 0 bridgehead atoms. The summed E-state index contributed by atoms with van der Waals surface area (Å²) in [6, 6.07) is 0.134. The van der Waals surface area contributed by atoms with Crippen LogP contribution in [-0.4, -0.2) is 50.8 Å². The highest BCUT2D eigenvalue weighted by atomic mass is 16.5. The molecule has 2 fully saturated rings. The van der Waals surface area contributed by atoms with Crippen molar-refractivity contribution >= 4 is 5.91 Å². The third-order valence-corrected chi connectivity index (χ3v) is 4.35. The molecule has 2 rings (SSSR count). The lowest BCUT2D eigenvalue weighted by molar-refractivity contribution is -0.139. The van der Waals surface area contributed by atoms with Gasteiger partial charge in [0.1, 0.15) is 0 Å². The van der Waals surface area contributed by atoms with Gasteiger partial charge in [-0.05, 0) is 38.0 Å². The van der Waals surface area contributed by atoms with Crippen LogP contribution in [0, 0.1) is 17.8 Å². The largest absolute Gasteiger partial charge is 0.383 e. The van der Waals surface area contributed by atoms with Crippen LogP contribution < -0.4 is 0 Å². The molecule has 1 amide bonds. The van der Waals surface area contributed by atoms with E-state index in [2.05, 4.69) is 0 Å². The van der Waals surface area contributed by atoms with Crippen LogP contribution in [0.2, 0.25) is 0 Å². The Morgan fingerprint density at radius 1 is 1.22 bits per heavy atom. The molecule has 0 radical (unpaired) electrons. The Hall–Kier alpha value is -0.610. The maximum atomic E-state index is 12.5. The Labute approximate surface area is 110 Å². The van der Waals surface area contributed by atoms with Crippen molar-refractivity contribution in [1.29, 1.82) is 0 Å². The van der Waals surface area contributed by atoms with Crippen LogP contribution in [0.25, 0.3) is 0 Å². The van der Waals surface area contributed by atoms with Gasteiger partial charge < -0.3 is 14.4 Å². The van der Waals surface area contributed by atoms with Gasteiger partial charge in [-0.15, -0.1) is 0 Å². The first kappa shape index (κ1) is 13.8. The molecule has 0 N–H and O–H groups in total. The number of methoxy groups -OCH3 is 2. The number of hydrogen-bond donors (Lipinski definition) is 0. The number of ether oxygens (including phenoxy) is 2. The predicted molar refractivity (Wildman–Crippen MR) is 69.2 cm³/mol. The number of nitrogens with zero attached hydrogens (tertiary/aromatic N) is 1. The van der Waals surface area contributed by atoms with Gasteiger partial charge in [-0.3, -0.25) is 4.79 Å². The number of rotatable bonds is 7. The number of carbonyl (C=O) groups excluding carboxylic acids is 1. The second kappa shape index (κ2) is 6.02. The third kappa shape index (κ3) is 3.04. The van der Waals surface area contributed by atoms with Crippen LogP contribution in [0.4, 0.5) is 0 Å². The van der Waals surface area contributed by atoms with Crippen LogP contribution in [0.3, 0.4) is 0 Å². The van der Waals surface area contributed by atoms with Crippen molar-refractivity contribution in [3.8, 4) is 0 Å². The molecule has 2 aliphatic rings. The molecule has 3 unspecified atom stereocenters. The van der Waals surface area contributed by atoms with Gasteiger partial charge >= 0.3 is 0 Å². The minimum Gasteiger partial charge on any atom is -0.383 e. The molecule has 0 heterocycles. The molecule has 0 aromatic rings. The fourth-order valence-electron chi connectivity index (χ4n) is 3.22. The summed E-state index contributed by atoms with van der Waals surface area (Å²) in [5.41, 5.74) is 0. The molecule has 2 saturated carbocycles. The maximum absolute atomic E-state index is 12.5. The SMILES string of the molecule is COCCN(C(=O)C1CC2CC2C1)C(C)COC. The van der Waals surface area contributed by atoms with Gasteiger partial charge in [-0.1, -0.05) is 0 Å². The molecule has 0 saturated heterocycles. The fourth-order valence-corrected chi connectivity index (χ4v) is 3.22. The van der Waals surface area contributed by atoms with E-state index in [4.69, 9.17) is 9.47 Å². The number of amides is 1. The van der Waals surface area contributed by atoms with Crippen molar-refractivity contribution in [3.05, 3.63) is 0 Å². The lowest BCUT2D eigenvalue weighted by Crippen LogP contribution is -2.45. The minimum absolute atomic E-state index is 0.134. The van der Waals surface area contributed by atoms with E-state index in [0.717, 1.165) is 24.7 Å². The molecule has 0 aliphatic heterocycles. The number of carbonyl (C=O) groups is 1. The van der Waals surface area contributed by atoms with E-state index < -0.39 is 0 Å². The first-order valence-corrected chi connectivity index (χ1v) is 6.95. The van der Waals surface area contributed by atoms with E-state index in [-0.39, 0.29) is 12.0 Å². The van der Waals surface area contributed by atoms with Crippen LogP contribution >= 0.6 is 0 Å². The summed E-state index contributed by atoms with van der Waals surface area (Å²) < 4.78 is 10.3. The van der Waals surface area contributed by atoms with Gasteiger partial charge in [0.15, 0.2) is 0 Å². The van der Waals surface area contributed by atoms with Crippen molar-refractivity contribution in [3.63, 3.8) is 0 Å².